The van der Waals surface area contributed by atoms with E-state index in [9.17, 15) is 4.79 Å². The minimum absolute atomic E-state index is 0.121. The van der Waals surface area contributed by atoms with Gasteiger partial charge in [0.2, 0.25) is 5.91 Å². The summed E-state index contributed by atoms with van der Waals surface area (Å²) in [4.78, 5) is 17.0. The zero-order valence-electron chi connectivity index (χ0n) is 13.5. The van der Waals surface area contributed by atoms with Crippen molar-refractivity contribution in [3.05, 3.63) is 47.3 Å². The first-order valence-corrected chi connectivity index (χ1v) is 8.14. The first-order valence-electron chi connectivity index (χ1n) is 8.14. The molecule has 0 saturated carbocycles. The minimum atomic E-state index is 0.121. The van der Waals surface area contributed by atoms with Crippen LogP contribution in [0.25, 0.3) is 0 Å². The van der Waals surface area contributed by atoms with Gasteiger partial charge in [-0.2, -0.15) is 0 Å². The highest BCUT2D eigenvalue weighted by Crippen LogP contribution is 2.35. The largest absolute Gasteiger partial charge is 0.361 e. The first kappa shape index (κ1) is 14.5. The van der Waals surface area contributed by atoms with Crippen LogP contribution < -0.4 is 4.90 Å². The van der Waals surface area contributed by atoms with E-state index >= 15 is 0 Å². The van der Waals surface area contributed by atoms with Gasteiger partial charge < -0.3 is 9.42 Å². The van der Waals surface area contributed by atoms with Gasteiger partial charge in [-0.1, -0.05) is 23.4 Å². The molecule has 2 saturated heterocycles. The number of benzene rings is 1. The summed E-state index contributed by atoms with van der Waals surface area (Å²) < 4.78 is 5.24. The van der Waals surface area contributed by atoms with Crippen LogP contribution in [0.2, 0.25) is 0 Å². The van der Waals surface area contributed by atoms with Gasteiger partial charge in [0.15, 0.2) is 0 Å². The lowest BCUT2D eigenvalue weighted by Gasteiger charge is -2.21. The molecular weight excluding hydrogens is 290 g/mol. The van der Waals surface area contributed by atoms with Gasteiger partial charge in [0.25, 0.3) is 0 Å². The summed E-state index contributed by atoms with van der Waals surface area (Å²) in [5, 5.41) is 4.02. The van der Waals surface area contributed by atoms with Crippen LogP contribution in [0.15, 0.2) is 34.9 Å². The maximum Gasteiger partial charge on any atom is 0.231 e. The van der Waals surface area contributed by atoms with Gasteiger partial charge in [0.05, 0.1) is 11.6 Å². The molecule has 0 N–H and O–H groups in total. The van der Waals surface area contributed by atoms with Crippen LogP contribution in [0.5, 0.6) is 0 Å². The molecule has 0 unspecified atom stereocenters. The summed E-state index contributed by atoms with van der Waals surface area (Å²) >= 11 is 0. The predicted molar refractivity (Wildman–Crippen MR) is 87.0 cm³/mol. The Labute approximate surface area is 135 Å². The zero-order valence-corrected chi connectivity index (χ0v) is 13.5. The van der Waals surface area contributed by atoms with Crippen molar-refractivity contribution in [2.45, 2.75) is 20.4 Å². The van der Waals surface area contributed by atoms with Crippen molar-refractivity contribution < 1.29 is 9.32 Å². The number of carbonyl (C=O) groups is 1. The molecule has 120 valence electrons. The van der Waals surface area contributed by atoms with Crippen LogP contribution in [-0.2, 0) is 11.3 Å². The third-order valence-electron chi connectivity index (χ3n) is 5.15. The molecule has 5 heteroatoms. The van der Waals surface area contributed by atoms with Crippen LogP contribution in [0.3, 0.4) is 0 Å². The average molecular weight is 311 g/mol. The Morgan fingerprint density at radius 2 is 1.96 bits per heavy atom. The highest BCUT2D eigenvalue weighted by molar-refractivity contribution is 5.98. The third kappa shape index (κ3) is 2.45. The van der Waals surface area contributed by atoms with Crippen LogP contribution >= 0.6 is 0 Å². The molecule has 0 spiro atoms. The summed E-state index contributed by atoms with van der Waals surface area (Å²) in [5.74, 6) is 1.69. The number of aryl methyl sites for hydroxylation is 2. The van der Waals surface area contributed by atoms with Crippen LogP contribution in [0.1, 0.15) is 17.0 Å². The topological polar surface area (TPSA) is 49.6 Å². The average Bonchev–Trinajstić information content (AvgIpc) is 3.19. The summed E-state index contributed by atoms with van der Waals surface area (Å²) in [7, 11) is 0. The zero-order chi connectivity index (χ0) is 16.0. The van der Waals surface area contributed by atoms with Crippen molar-refractivity contribution in [3.63, 3.8) is 0 Å². The number of anilines is 1. The maximum atomic E-state index is 12.7. The number of aromatic nitrogens is 1. The Balaban J connectivity index is 1.46. The normalized spacial score (nSPS) is 24.4. The Bertz CT molecular complexity index is 706. The maximum absolute atomic E-state index is 12.7. The van der Waals surface area contributed by atoms with E-state index in [1.54, 1.807) is 0 Å². The minimum Gasteiger partial charge on any atom is -0.361 e. The van der Waals surface area contributed by atoms with Gasteiger partial charge in [-0.25, -0.2) is 0 Å². The van der Waals surface area contributed by atoms with Crippen molar-refractivity contribution in [1.82, 2.24) is 10.1 Å². The molecule has 0 radical (unpaired) electrons. The molecule has 1 aromatic carbocycles. The molecule has 2 fully saturated rings. The number of rotatable bonds is 3. The van der Waals surface area contributed by atoms with E-state index in [2.05, 4.69) is 10.1 Å². The standard InChI is InChI=1S/C18H21N3O2/c1-12-16(13(2)23-19-12)10-20-8-14-9-21(18(22)17(14)11-20)15-6-4-3-5-7-15/h3-7,14,17H,8-11H2,1-2H3/t14-,17+/m1/s1. The SMILES string of the molecule is Cc1noc(C)c1CN1C[C@@H]2CN(c3ccccc3)C(=O)[C@H]2C1. The van der Waals surface area contributed by atoms with E-state index < -0.39 is 0 Å². The van der Waals surface area contributed by atoms with Gasteiger partial charge in [0, 0.05) is 43.3 Å². The van der Waals surface area contributed by atoms with Crippen molar-refractivity contribution in [3.8, 4) is 0 Å². The summed E-state index contributed by atoms with van der Waals surface area (Å²) in [6.07, 6.45) is 0. The molecule has 23 heavy (non-hydrogen) atoms. The fraction of sp³-hybridized carbons (Fsp3) is 0.444. The molecule has 3 heterocycles. The molecule has 4 rings (SSSR count). The van der Waals surface area contributed by atoms with E-state index in [0.717, 1.165) is 48.9 Å². The number of fused-ring (bicyclic) bond motifs is 1. The molecular formula is C18H21N3O2. The number of nitrogens with zero attached hydrogens (tertiary/aromatic N) is 3. The Morgan fingerprint density at radius 1 is 1.17 bits per heavy atom. The Morgan fingerprint density at radius 3 is 2.61 bits per heavy atom. The third-order valence-corrected chi connectivity index (χ3v) is 5.15. The number of hydrogen-bond acceptors (Lipinski definition) is 4. The number of carbonyl (C=O) groups excluding carboxylic acids is 1. The second-order valence-electron chi connectivity index (χ2n) is 6.65. The molecule has 2 aliphatic rings. The summed E-state index contributed by atoms with van der Waals surface area (Å²) in [5.41, 5.74) is 3.14. The monoisotopic (exact) mass is 311 g/mol. The lowest BCUT2D eigenvalue weighted by Crippen LogP contribution is -2.32. The quantitative estimate of drug-likeness (QED) is 0.873. The van der Waals surface area contributed by atoms with Crippen molar-refractivity contribution >= 4 is 11.6 Å². The number of para-hydroxylation sites is 1. The highest BCUT2D eigenvalue weighted by Gasteiger charge is 2.46. The Hall–Kier alpha value is -2.14. The van der Waals surface area contributed by atoms with Crippen molar-refractivity contribution in [1.29, 1.82) is 0 Å². The molecule has 2 aliphatic heterocycles. The smallest absolute Gasteiger partial charge is 0.231 e. The van der Waals surface area contributed by atoms with Crippen molar-refractivity contribution in [2.75, 3.05) is 24.5 Å². The molecule has 0 aliphatic carbocycles. The summed E-state index contributed by atoms with van der Waals surface area (Å²) in [6, 6.07) is 9.98. The van der Waals surface area contributed by atoms with Gasteiger partial charge in [0.1, 0.15) is 5.76 Å². The molecule has 1 amide bonds. The van der Waals surface area contributed by atoms with E-state index in [4.69, 9.17) is 4.52 Å². The lowest BCUT2D eigenvalue weighted by molar-refractivity contribution is -0.120. The fourth-order valence-electron chi connectivity index (χ4n) is 3.87. The fourth-order valence-corrected chi connectivity index (χ4v) is 3.87. The van der Waals surface area contributed by atoms with Gasteiger partial charge >= 0.3 is 0 Å². The molecule has 1 aromatic heterocycles. The Kier molecular flexibility index (Phi) is 3.45. The van der Waals surface area contributed by atoms with Crippen LogP contribution in [0.4, 0.5) is 5.69 Å². The van der Waals surface area contributed by atoms with Crippen molar-refractivity contribution in [2.24, 2.45) is 11.8 Å². The first-order chi connectivity index (χ1) is 11.1. The number of likely N-dealkylation sites (tertiary alicyclic amines) is 1. The number of hydrogen-bond donors (Lipinski definition) is 0. The van der Waals surface area contributed by atoms with E-state index in [0.29, 0.717) is 5.92 Å². The highest BCUT2D eigenvalue weighted by atomic mass is 16.5. The van der Waals surface area contributed by atoms with E-state index in [1.807, 2.05) is 49.1 Å². The molecule has 2 aromatic rings. The van der Waals surface area contributed by atoms with Gasteiger partial charge in [-0.3, -0.25) is 9.69 Å². The molecule has 5 nitrogen and oxygen atoms in total. The number of amides is 1. The van der Waals surface area contributed by atoms with Crippen LogP contribution in [-0.4, -0.2) is 35.6 Å². The van der Waals surface area contributed by atoms with E-state index in [-0.39, 0.29) is 11.8 Å². The molecule has 0 bridgehead atoms. The molecule has 2 atom stereocenters. The second-order valence-corrected chi connectivity index (χ2v) is 6.65. The second kappa shape index (κ2) is 5.49. The van der Waals surface area contributed by atoms with E-state index in [1.165, 1.54) is 0 Å². The van der Waals surface area contributed by atoms with Gasteiger partial charge in [-0.15, -0.1) is 0 Å². The van der Waals surface area contributed by atoms with Crippen LogP contribution in [0, 0.1) is 25.7 Å². The summed E-state index contributed by atoms with van der Waals surface area (Å²) in [6.45, 7) is 7.37. The predicted octanol–water partition coefficient (Wildman–Crippen LogP) is 2.39. The van der Waals surface area contributed by atoms with Gasteiger partial charge in [-0.05, 0) is 26.0 Å². The lowest BCUT2D eigenvalue weighted by atomic mass is 10.0.